The van der Waals surface area contributed by atoms with Gasteiger partial charge in [0.1, 0.15) is 11.4 Å². The third-order valence-corrected chi connectivity index (χ3v) is 6.36. The summed E-state index contributed by atoms with van der Waals surface area (Å²) in [5.41, 5.74) is 10.4. The third kappa shape index (κ3) is 3.31. The van der Waals surface area contributed by atoms with Crippen molar-refractivity contribution in [2.45, 2.75) is 32.4 Å². The molecule has 8 heteroatoms. The second-order valence-corrected chi connectivity index (χ2v) is 8.41. The molecule has 1 unspecified atom stereocenters. The number of amides is 1. The number of ether oxygens (including phenoxy) is 1. The molecule has 1 atom stereocenters. The van der Waals surface area contributed by atoms with E-state index >= 15 is 0 Å². The molecule has 8 nitrogen and oxygen atoms in total. The van der Waals surface area contributed by atoms with E-state index in [2.05, 4.69) is 27.1 Å². The number of rotatable bonds is 4. The standard InChI is InChI=1S/C24H28N6O2/c1-4-30-21(12-16-10-18(32-3)13-26-22(16)30)23-27-19-11-15(7-8-20(19)28(23)2)24(31)29-9-5-6-17(25)14-29/h7-8,10-13,17H,4-6,9,14,25H2,1-3H3. The van der Waals surface area contributed by atoms with Gasteiger partial charge in [-0.3, -0.25) is 4.79 Å². The number of aryl methyl sites for hydroxylation is 2. The van der Waals surface area contributed by atoms with E-state index < -0.39 is 0 Å². The van der Waals surface area contributed by atoms with Gasteiger partial charge in [-0.25, -0.2) is 9.97 Å². The van der Waals surface area contributed by atoms with E-state index in [1.165, 1.54) is 0 Å². The van der Waals surface area contributed by atoms with Crippen LogP contribution in [0.4, 0.5) is 0 Å². The summed E-state index contributed by atoms with van der Waals surface area (Å²) in [6.07, 6.45) is 3.65. The summed E-state index contributed by atoms with van der Waals surface area (Å²) in [6, 6.07) is 9.89. The molecule has 0 saturated carbocycles. The van der Waals surface area contributed by atoms with Crippen LogP contribution in [0.5, 0.6) is 5.75 Å². The SMILES string of the molecule is CCn1c(-c2nc3cc(C(=O)N4CCCC(N)C4)ccc3n2C)cc2cc(OC)cnc21. The number of benzene rings is 1. The van der Waals surface area contributed by atoms with Crippen LogP contribution in [0.1, 0.15) is 30.1 Å². The van der Waals surface area contributed by atoms with Crippen molar-refractivity contribution in [2.75, 3.05) is 20.2 Å². The average molecular weight is 433 g/mol. The molecule has 1 aliphatic rings. The zero-order valence-corrected chi connectivity index (χ0v) is 18.7. The maximum absolute atomic E-state index is 13.0. The first-order valence-corrected chi connectivity index (χ1v) is 11.0. The number of nitrogens with two attached hydrogens (primary N) is 1. The number of nitrogens with zero attached hydrogens (tertiary/aromatic N) is 5. The Morgan fingerprint density at radius 3 is 2.88 bits per heavy atom. The molecular formula is C24H28N6O2. The molecule has 0 aliphatic carbocycles. The Labute approximate surface area is 186 Å². The number of carbonyl (C=O) groups is 1. The van der Waals surface area contributed by atoms with Gasteiger partial charge in [0.25, 0.3) is 5.91 Å². The summed E-state index contributed by atoms with van der Waals surface area (Å²) in [6.45, 7) is 4.22. The fourth-order valence-corrected chi connectivity index (χ4v) is 4.68. The minimum atomic E-state index is 0.0215. The van der Waals surface area contributed by atoms with Gasteiger partial charge in [0.05, 0.1) is 30.0 Å². The molecule has 166 valence electrons. The zero-order valence-electron chi connectivity index (χ0n) is 18.7. The third-order valence-electron chi connectivity index (χ3n) is 6.36. The second kappa shape index (κ2) is 7.94. The van der Waals surface area contributed by atoms with Crippen molar-refractivity contribution in [1.82, 2.24) is 24.0 Å². The fraction of sp³-hybridized carbons (Fsp3) is 0.375. The maximum atomic E-state index is 13.0. The maximum Gasteiger partial charge on any atom is 0.253 e. The molecule has 1 amide bonds. The van der Waals surface area contributed by atoms with Crippen molar-refractivity contribution in [3.8, 4) is 17.3 Å². The number of imidazole rings is 1. The molecule has 1 aliphatic heterocycles. The van der Waals surface area contributed by atoms with Crippen LogP contribution < -0.4 is 10.5 Å². The van der Waals surface area contributed by atoms with Crippen LogP contribution in [0.15, 0.2) is 36.5 Å². The first kappa shape index (κ1) is 20.5. The molecule has 2 N–H and O–H groups in total. The minimum Gasteiger partial charge on any atom is -0.495 e. The second-order valence-electron chi connectivity index (χ2n) is 8.41. The Bertz CT molecular complexity index is 1320. The molecule has 4 heterocycles. The minimum absolute atomic E-state index is 0.0215. The van der Waals surface area contributed by atoms with E-state index in [4.69, 9.17) is 15.5 Å². The van der Waals surface area contributed by atoms with Gasteiger partial charge < -0.3 is 24.5 Å². The Balaban J connectivity index is 1.57. The lowest BCUT2D eigenvalue weighted by molar-refractivity contribution is 0.0709. The first-order valence-electron chi connectivity index (χ1n) is 11.0. The number of hydrogen-bond acceptors (Lipinski definition) is 5. The Kier molecular flexibility index (Phi) is 5.09. The molecule has 0 radical (unpaired) electrons. The molecule has 5 rings (SSSR count). The number of carbonyl (C=O) groups excluding carboxylic acids is 1. The summed E-state index contributed by atoms with van der Waals surface area (Å²) in [5, 5.41) is 1.01. The van der Waals surface area contributed by atoms with Crippen LogP contribution >= 0.6 is 0 Å². The van der Waals surface area contributed by atoms with Crippen LogP contribution in [0, 0.1) is 0 Å². The van der Waals surface area contributed by atoms with E-state index in [-0.39, 0.29) is 11.9 Å². The van der Waals surface area contributed by atoms with Gasteiger partial charge >= 0.3 is 0 Å². The lowest BCUT2D eigenvalue weighted by Crippen LogP contribution is -2.45. The lowest BCUT2D eigenvalue weighted by atomic mass is 10.1. The quantitative estimate of drug-likeness (QED) is 0.535. The van der Waals surface area contributed by atoms with Crippen molar-refractivity contribution < 1.29 is 9.53 Å². The Morgan fingerprint density at radius 2 is 2.12 bits per heavy atom. The summed E-state index contributed by atoms with van der Waals surface area (Å²) < 4.78 is 9.56. The van der Waals surface area contributed by atoms with E-state index in [0.29, 0.717) is 12.1 Å². The fourth-order valence-electron chi connectivity index (χ4n) is 4.68. The number of piperidine rings is 1. The van der Waals surface area contributed by atoms with Gasteiger partial charge in [-0.15, -0.1) is 0 Å². The first-order chi connectivity index (χ1) is 15.5. The highest BCUT2D eigenvalue weighted by atomic mass is 16.5. The van der Waals surface area contributed by atoms with E-state index in [1.54, 1.807) is 13.3 Å². The number of pyridine rings is 1. The largest absolute Gasteiger partial charge is 0.495 e. The smallest absolute Gasteiger partial charge is 0.253 e. The van der Waals surface area contributed by atoms with Crippen LogP contribution in [0.2, 0.25) is 0 Å². The van der Waals surface area contributed by atoms with Crippen molar-refractivity contribution >= 4 is 28.0 Å². The predicted molar refractivity (Wildman–Crippen MR) is 125 cm³/mol. The summed E-state index contributed by atoms with van der Waals surface area (Å²) in [7, 11) is 3.64. The topological polar surface area (TPSA) is 91.2 Å². The monoisotopic (exact) mass is 432 g/mol. The van der Waals surface area contributed by atoms with Crippen LogP contribution in [0.25, 0.3) is 33.6 Å². The van der Waals surface area contributed by atoms with E-state index in [1.807, 2.05) is 36.2 Å². The van der Waals surface area contributed by atoms with E-state index in [0.717, 1.165) is 65.3 Å². The molecule has 3 aromatic heterocycles. The number of likely N-dealkylation sites (tertiary alicyclic amines) is 1. The number of fused-ring (bicyclic) bond motifs is 2. The Hall–Kier alpha value is -3.39. The van der Waals surface area contributed by atoms with Gasteiger partial charge in [-0.1, -0.05) is 0 Å². The molecule has 4 aromatic rings. The molecule has 1 fully saturated rings. The number of hydrogen-bond donors (Lipinski definition) is 1. The normalized spacial score (nSPS) is 16.8. The van der Waals surface area contributed by atoms with Crippen LogP contribution in [0.3, 0.4) is 0 Å². The average Bonchev–Trinajstić information content (AvgIpc) is 3.34. The van der Waals surface area contributed by atoms with Crippen molar-refractivity contribution in [3.05, 3.63) is 42.1 Å². The van der Waals surface area contributed by atoms with Crippen molar-refractivity contribution in [1.29, 1.82) is 0 Å². The lowest BCUT2D eigenvalue weighted by Gasteiger charge is -2.30. The highest BCUT2D eigenvalue weighted by Gasteiger charge is 2.23. The van der Waals surface area contributed by atoms with Crippen molar-refractivity contribution in [3.63, 3.8) is 0 Å². The number of methoxy groups -OCH3 is 1. The van der Waals surface area contributed by atoms with Gasteiger partial charge in [0, 0.05) is 43.7 Å². The molecule has 0 spiro atoms. The van der Waals surface area contributed by atoms with Crippen LogP contribution in [-0.4, -0.2) is 56.2 Å². The number of aromatic nitrogens is 4. The summed E-state index contributed by atoms with van der Waals surface area (Å²) in [4.78, 5) is 24.4. The zero-order chi connectivity index (χ0) is 22.4. The summed E-state index contributed by atoms with van der Waals surface area (Å²) in [5.74, 6) is 1.58. The molecule has 1 saturated heterocycles. The summed E-state index contributed by atoms with van der Waals surface area (Å²) >= 11 is 0. The molecule has 32 heavy (non-hydrogen) atoms. The highest BCUT2D eigenvalue weighted by Crippen LogP contribution is 2.31. The van der Waals surface area contributed by atoms with Gasteiger partial charge in [0.2, 0.25) is 0 Å². The van der Waals surface area contributed by atoms with E-state index in [9.17, 15) is 4.79 Å². The van der Waals surface area contributed by atoms with Gasteiger partial charge in [-0.05, 0) is 50.1 Å². The van der Waals surface area contributed by atoms with Crippen LogP contribution in [-0.2, 0) is 13.6 Å². The molecular weight excluding hydrogens is 404 g/mol. The van der Waals surface area contributed by atoms with Crippen molar-refractivity contribution in [2.24, 2.45) is 12.8 Å². The predicted octanol–water partition coefficient (Wildman–Crippen LogP) is 3.18. The highest BCUT2D eigenvalue weighted by molar-refractivity contribution is 5.98. The molecule has 1 aromatic carbocycles. The van der Waals surface area contributed by atoms with Gasteiger partial charge in [0.15, 0.2) is 5.82 Å². The molecule has 0 bridgehead atoms. The Morgan fingerprint density at radius 1 is 1.28 bits per heavy atom. The van der Waals surface area contributed by atoms with Gasteiger partial charge in [-0.2, -0.15) is 0 Å².